The Morgan fingerprint density at radius 3 is 2.38 bits per heavy atom. The van der Waals surface area contributed by atoms with E-state index in [0.29, 0.717) is 5.75 Å². The molecule has 0 aliphatic rings. The molecule has 1 aromatic rings. The fourth-order valence-electron chi connectivity index (χ4n) is 1.39. The summed E-state index contributed by atoms with van der Waals surface area (Å²) in [6.07, 6.45) is 4.66. The highest BCUT2D eigenvalue weighted by molar-refractivity contribution is 6.14. The highest BCUT2D eigenvalue weighted by Crippen LogP contribution is 2.12. The van der Waals surface area contributed by atoms with Crippen LogP contribution in [0.4, 0.5) is 0 Å². The van der Waals surface area contributed by atoms with Crippen molar-refractivity contribution in [2.24, 2.45) is 0 Å². The largest absolute Gasteiger partial charge is 0.462 e. The Morgan fingerprint density at radius 1 is 1.14 bits per heavy atom. The first-order chi connectivity index (χ1) is 10.0. The molecule has 0 amide bonds. The van der Waals surface area contributed by atoms with Gasteiger partial charge in [-0.1, -0.05) is 18.2 Å². The van der Waals surface area contributed by atoms with Gasteiger partial charge < -0.3 is 14.4 Å². The molecule has 1 aromatic carbocycles. The molecule has 0 fully saturated rings. The standard InChI is InChI=1S/C16H19NO4/c1-4-20-15(18)14(11-8-12-17(2)3)16(19)21-13-9-6-5-7-10-13/h5-12H,4H2,1-3H3/b12-8+,14-11-. The highest BCUT2D eigenvalue weighted by atomic mass is 16.6. The van der Waals surface area contributed by atoms with Crippen LogP contribution in [0, 0.1) is 0 Å². The SMILES string of the molecule is CCOC(=O)/C(=C/C=C/N(C)C)C(=O)Oc1ccccc1. The van der Waals surface area contributed by atoms with Gasteiger partial charge in [-0.05, 0) is 37.4 Å². The number of nitrogens with zero attached hydrogens (tertiary/aromatic N) is 1. The van der Waals surface area contributed by atoms with Crippen LogP contribution in [-0.4, -0.2) is 37.5 Å². The van der Waals surface area contributed by atoms with E-state index in [4.69, 9.17) is 9.47 Å². The molecule has 112 valence electrons. The average molecular weight is 289 g/mol. The van der Waals surface area contributed by atoms with Crippen LogP contribution in [0.3, 0.4) is 0 Å². The first-order valence-electron chi connectivity index (χ1n) is 6.54. The van der Waals surface area contributed by atoms with Gasteiger partial charge in [0.2, 0.25) is 0 Å². The zero-order chi connectivity index (χ0) is 15.7. The molecular weight excluding hydrogens is 270 g/mol. The van der Waals surface area contributed by atoms with Crippen LogP contribution < -0.4 is 4.74 Å². The molecule has 0 aromatic heterocycles. The normalized spacial score (nSPS) is 11.3. The Labute approximate surface area is 124 Å². The summed E-state index contributed by atoms with van der Waals surface area (Å²) in [4.78, 5) is 25.7. The van der Waals surface area contributed by atoms with E-state index in [-0.39, 0.29) is 12.2 Å². The number of para-hydroxylation sites is 1. The Kier molecular flexibility index (Phi) is 6.74. The summed E-state index contributed by atoms with van der Waals surface area (Å²) in [7, 11) is 3.66. The third-order valence-corrected chi connectivity index (χ3v) is 2.32. The third kappa shape index (κ3) is 5.95. The van der Waals surface area contributed by atoms with Crippen LogP contribution >= 0.6 is 0 Å². The van der Waals surface area contributed by atoms with Crippen molar-refractivity contribution in [3.63, 3.8) is 0 Å². The molecule has 5 heteroatoms. The average Bonchev–Trinajstić information content (AvgIpc) is 2.44. The number of carbonyl (C=O) groups is 2. The second kappa shape index (κ2) is 8.58. The van der Waals surface area contributed by atoms with E-state index < -0.39 is 11.9 Å². The molecule has 0 saturated heterocycles. The molecule has 0 unspecified atom stereocenters. The Bertz CT molecular complexity index is 532. The molecule has 0 atom stereocenters. The number of rotatable bonds is 6. The summed E-state index contributed by atoms with van der Waals surface area (Å²) < 4.78 is 10.0. The van der Waals surface area contributed by atoms with Crippen LogP contribution in [0.2, 0.25) is 0 Å². The van der Waals surface area contributed by atoms with Crippen molar-refractivity contribution < 1.29 is 19.1 Å². The molecule has 0 saturated carbocycles. The number of allylic oxidation sites excluding steroid dienone is 2. The Morgan fingerprint density at radius 2 is 1.81 bits per heavy atom. The summed E-state index contributed by atoms with van der Waals surface area (Å²) in [5.74, 6) is -1.08. The molecule has 0 aliphatic carbocycles. The molecule has 0 aliphatic heterocycles. The van der Waals surface area contributed by atoms with Gasteiger partial charge in [-0.2, -0.15) is 0 Å². The van der Waals surface area contributed by atoms with Crippen molar-refractivity contribution in [3.8, 4) is 5.75 Å². The van der Waals surface area contributed by atoms with Gasteiger partial charge in [0.05, 0.1) is 6.61 Å². The van der Waals surface area contributed by atoms with Gasteiger partial charge >= 0.3 is 11.9 Å². The van der Waals surface area contributed by atoms with Crippen LogP contribution in [0.1, 0.15) is 6.92 Å². The fraction of sp³-hybridized carbons (Fsp3) is 0.250. The maximum Gasteiger partial charge on any atom is 0.350 e. The van der Waals surface area contributed by atoms with E-state index in [2.05, 4.69) is 0 Å². The van der Waals surface area contributed by atoms with E-state index in [1.54, 1.807) is 54.4 Å². The monoisotopic (exact) mass is 289 g/mol. The topological polar surface area (TPSA) is 55.8 Å². The van der Waals surface area contributed by atoms with Gasteiger partial charge in [0.15, 0.2) is 0 Å². The van der Waals surface area contributed by atoms with Crippen LogP contribution in [0.5, 0.6) is 5.75 Å². The molecule has 0 bridgehead atoms. The zero-order valence-corrected chi connectivity index (χ0v) is 12.4. The quantitative estimate of drug-likeness (QED) is 0.201. The first kappa shape index (κ1) is 16.5. The van der Waals surface area contributed by atoms with Crippen molar-refractivity contribution >= 4 is 11.9 Å². The molecule has 1 rings (SSSR count). The van der Waals surface area contributed by atoms with Gasteiger partial charge in [0, 0.05) is 14.1 Å². The molecule has 0 heterocycles. The summed E-state index contributed by atoms with van der Waals surface area (Å²) >= 11 is 0. The van der Waals surface area contributed by atoms with Crippen molar-refractivity contribution in [1.82, 2.24) is 4.90 Å². The smallest absolute Gasteiger partial charge is 0.350 e. The van der Waals surface area contributed by atoms with Gasteiger partial charge in [-0.25, -0.2) is 9.59 Å². The van der Waals surface area contributed by atoms with Crippen LogP contribution in [-0.2, 0) is 14.3 Å². The van der Waals surface area contributed by atoms with Crippen molar-refractivity contribution in [2.45, 2.75) is 6.92 Å². The molecular formula is C16H19NO4. The summed E-state index contributed by atoms with van der Waals surface area (Å²) in [6, 6.07) is 8.55. The predicted octanol–water partition coefficient (Wildman–Crippen LogP) is 2.16. The van der Waals surface area contributed by atoms with Gasteiger partial charge in [0.25, 0.3) is 0 Å². The second-order valence-corrected chi connectivity index (χ2v) is 4.31. The summed E-state index contributed by atoms with van der Waals surface area (Å²) in [6.45, 7) is 1.86. The molecule has 0 N–H and O–H groups in total. The van der Waals surface area contributed by atoms with Crippen LogP contribution in [0.15, 0.2) is 54.3 Å². The third-order valence-electron chi connectivity index (χ3n) is 2.32. The minimum atomic E-state index is -0.747. The predicted molar refractivity (Wildman–Crippen MR) is 79.6 cm³/mol. The second-order valence-electron chi connectivity index (χ2n) is 4.31. The van der Waals surface area contributed by atoms with E-state index >= 15 is 0 Å². The minimum Gasteiger partial charge on any atom is -0.462 e. The van der Waals surface area contributed by atoms with Crippen molar-refractivity contribution in [2.75, 3.05) is 20.7 Å². The van der Waals surface area contributed by atoms with E-state index in [1.165, 1.54) is 6.08 Å². The van der Waals surface area contributed by atoms with Gasteiger partial charge in [-0.15, -0.1) is 0 Å². The number of esters is 2. The highest BCUT2D eigenvalue weighted by Gasteiger charge is 2.21. The lowest BCUT2D eigenvalue weighted by Crippen LogP contribution is -2.20. The van der Waals surface area contributed by atoms with Gasteiger partial charge in [-0.3, -0.25) is 0 Å². The molecule has 21 heavy (non-hydrogen) atoms. The van der Waals surface area contributed by atoms with Crippen molar-refractivity contribution in [1.29, 1.82) is 0 Å². The van der Waals surface area contributed by atoms with E-state index in [9.17, 15) is 9.59 Å². The lowest BCUT2D eigenvalue weighted by atomic mass is 10.2. The maximum atomic E-state index is 12.1. The zero-order valence-electron chi connectivity index (χ0n) is 12.4. The first-order valence-corrected chi connectivity index (χ1v) is 6.54. The maximum absolute atomic E-state index is 12.1. The lowest BCUT2D eigenvalue weighted by molar-refractivity contribution is -0.143. The van der Waals surface area contributed by atoms with Crippen LogP contribution in [0.25, 0.3) is 0 Å². The fourth-order valence-corrected chi connectivity index (χ4v) is 1.39. The molecule has 5 nitrogen and oxygen atoms in total. The lowest BCUT2D eigenvalue weighted by Gasteiger charge is -2.07. The van der Waals surface area contributed by atoms with Crippen molar-refractivity contribution in [3.05, 3.63) is 54.3 Å². The number of ether oxygens (including phenoxy) is 2. The summed E-state index contributed by atoms with van der Waals surface area (Å²) in [5.41, 5.74) is -0.154. The number of hydrogen-bond donors (Lipinski definition) is 0. The number of carbonyl (C=O) groups excluding carboxylic acids is 2. The molecule has 0 spiro atoms. The number of hydrogen-bond acceptors (Lipinski definition) is 5. The Balaban J connectivity index is 2.89. The summed E-state index contributed by atoms with van der Waals surface area (Å²) in [5, 5.41) is 0. The van der Waals surface area contributed by atoms with E-state index in [1.807, 2.05) is 14.1 Å². The Hall–Kier alpha value is -2.56. The molecule has 0 radical (unpaired) electrons. The number of benzene rings is 1. The minimum absolute atomic E-state index is 0.154. The van der Waals surface area contributed by atoms with Gasteiger partial charge in [0.1, 0.15) is 11.3 Å². The van der Waals surface area contributed by atoms with E-state index in [0.717, 1.165) is 0 Å².